The summed E-state index contributed by atoms with van der Waals surface area (Å²) >= 11 is 5.66. The summed E-state index contributed by atoms with van der Waals surface area (Å²) in [5.74, 6) is -0.354. The predicted octanol–water partition coefficient (Wildman–Crippen LogP) is 2.47. The normalized spacial score (nSPS) is 21.5. The second-order valence-electron chi connectivity index (χ2n) is 6.08. The molecule has 0 saturated carbocycles. The zero-order valence-corrected chi connectivity index (χ0v) is 14.8. The van der Waals surface area contributed by atoms with E-state index in [-0.39, 0.29) is 29.7 Å². The summed E-state index contributed by atoms with van der Waals surface area (Å²) in [6, 6.07) is 4.00. The van der Waals surface area contributed by atoms with Gasteiger partial charge in [-0.05, 0) is 32.4 Å². The lowest BCUT2D eigenvalue weighted by molar-refractivity contribution is -0.123. The van der Waals surface area contributed by atoms with Crippen LogP contribution in [-0.2, 0) is 9.53 Å². The minimum absolute atomic E-state index is 0.0260. The molecule has 1 N–H and O–H groups in total. The highest BCUT2D eigenvalue weighted by atomic mass is 35.5. The van der Waals surface area contributed by atoms with Gasteiger partial charge in [0.05, 0.1) is 17.2 Å². The molecule has 1 saturated heterocycles. The molecule has 2 rings (SSSR count). The maximum Gasteiger partial charge on any atom is 0.257 e. The molecule has 0 bridgehead atoms. The SMILES string of the molecule is CC1CN(CCCNC(=O)COc2ccc(F)c(Cl)c2)CC(C)O1. The number of amides is 1. The molecular formula is C17H24ClFN2O3. The zero-order valence-electron chi connectivity index (χ0n) is 14.1. The molecule has 5 nitrogen and oxygen atoms in total. The van der Waals surface area contributed by atoms with E-state index in [4.69, 9.17) is 21.1 Å². The lowest BCUT2D eigenvalue weighted by atomic mass is 10.2. The van der Waals surface area contributed by atoms with Gasteiger partial charge in [-0.2, -0.15) is 0 Å². The largest absolute Gasteiger partial charge is 0.484 e. The molecule has 0 spiro atoms. The Bertz CT molecular complexity index is 549. The molecule has 0 aromatic heterocycles. The van der Waals surface area contributed by atoms with E-state index in [0.717, 1.165) is 26.1 Å². The highest BCUT2D eigenvalue weighted by Gasteiger charge is 2.21. The van der Waals surface area contributed by atoms with Gasteiger partial charge in [0.2, 0.25) is 0 Å². The zero-order chi connectivity index (χ0) is 17.5. The van der Waals surface area contributed by atoms with E-state index in [1.165, 1.54) is 18.2 Å². The van der Waals surface area contributed by atoms with Crippen molar-refractivity contribution in [1.29, 1.82) is 0 Å². The quantitative estimate of drug-likeness (QED) is 0.761. The van der Waals surface area contributed by atoms with Gasteiger partial charge < -0.3 is 14.8 Å². The first-order valence-electron chi connectivity index (χ1n) is 8.16. The molecule has 1 aromatic carbocycles. The first-order chi connectivity index (χ1) is 11.4. The van der Waals surface area contributed by atoms with Crippen molar-refractivity contribution in [3.63, 3.8) is 0 Å². The van der Waals surface area contributed by atoms with Gasteiger partial charge in [0.1, 0.15) is 11.6 Å². The Labute approximate surface area is 147 Å². The Morgan fingerprint density at radius 2 is 2.12 bits per heavy atom. The third kappa shape index (κ3) is 6.26. The Balaban J connectivity index is 1.60. The lowest BCUT2D eigenvalue weighted by Gasteiger charge is -2.35. The number of carbonyl (C=O) groups excluding carboxylic acids is 1. The van der Waals surface area contributed by atoms with Crippen molar-refractivity contribution in [2.75, 3.05) is 32.8 Å². The Morgan fingerprint density at radius 1 is 1.42 bits per heavy atom. The van der Waals surface area contributed by atoms with Crippen molar-refractivity contribution >= 4 is 17.5 Å². The number of morpholine rings is 1. The van der Waals surface area contributed by atoms with Crippen LogP contribution in [0.15, 0.2) is 18.2 Å². The smallest absolute Gasteiger partial charge is 0.257 e. The summed E-state index contributed by atoms with van der Waals surface area (Å²) in [6.45, 7) is 7.39. The minimum atomic E-state index is -0.514. The van der Waals surface area contributed by atoms with Crippen LogP contribution < -0.4 is 10.1 Å². The molecule has 0 aliphatic carbocycles. The first-order valence-corrected chi connectivity index (χ1v) is 8.54. The van der Waals surface area contributed by atoms with Crippen molar-refractivity contribution in [2.45, 2.75) is 32.5 Å². The number of hydrogen-bond acceptors (Lipinski definition) is 4. The number of ether oxygens (including phenoxy) is 2. The average Bonchev–Trinajstić information content (AvgIpc) is 2.52. The van der Waals surface area contributed by atoms with Crippen LogP contribution in [0.25, 0.3) is 0 Å². The third-order valence-corrected chi connectivity index (χ3v) is 4.02. The summed E-state index contributed by atoms with van der Waals surface area (Å²) in [6.07, 6.45) is 1.37. The molecule has 2 atom stereocenters. The summed E-state index contributed by atoms with van der Waals surface area (Å²) < 4.78 is 24.0. The molecule has 134 valence electrons. The van der Waals surface area contributed by atoms with E-state index in [9.17, 15) is 9.18 Å². The fourth-order valence-electron chi connectivity index (χ4n) is 2.76. The van der Waals surface area contributed by atoms with Crippen molar-refractivity contribution < 1.29 is 18.7 Å². The van der Waals surface area contributed by atoms with Crippen LogP contribution in [0.4, 0.5) is 4.39 Å². The van der Waals surface area contributed by atoms with Crippen molar-refractivity contribution in [3.05, 3.63) is 29.0 Å². The van der Waals surface area contributed by atoms with Gasteiger partial charge in [0.15, 0.2) is 6.61 Å². The second kappa shape index (κ2) is 9.20. The van der Waals surface area contributed by atoms with E-state index in [1.807, 2.05) is 0 Å². The standard InChI is InChI=1S/C17H24ClFN2O3/c1-12-9-21(10-13(2)24-12)7-3-6-20-17(22)11-23-14-4-5-16(19)15(18)8-14/h4-5,8,12-13H,3,6-7,9-11H2,1-2H3,(H,20,22). The molecule has 7 heteroatoms. The van der Waals surface area contributed by atoms with Gasteiger partial charge in [-0.3, -0.25) is 9.69 Å². The summed E-state index contributed by atoms with van der Waals surface area (Å²) in [7, 11) is 0. The van der Waals surface area contributed by atoms with E-state index in [1.54, 1.807) is 0 Å². The number of rotatable bonds is 7. The molecule has 2 unspecified atom stereocenters. The lowest BCUT2D eigenvalue weighted by Crippen LogP contribution is -2.46. The number of halogens is 2. The van der Waals surface area contributed by atoms with Crippen LogP contribution in [0.1, 0.15) is 20.3 Å². The van der Waals surface area contributed by atoms with Crippen LogP contribution in [0.5, 0.6) is 5.75 Å². The van der Waals surface area contributed by atoms with Crippen LogP contribution in [0, 0.1) is 5.82 Å². The molecule has 1 amide bonds. The van der Waals surface area contributed by atoms with Gasteiger partial charge in [0, 0.05) is 32.2 Å². The Morgan fingerprint density at radius 3 is 2.79 bits per heavy atom. The van der Waals surface area contributed by atoms with Crippen molar-refractivity contribution in [3.8, 4) is 5.75 Å². The predicted molar refractivity (Wildman–Crippen MR) is 91.0 cm³/mol. The van der Waals surface area contributed by atoms with Gasteiger partial charge in [0.25, 0.3) is 5.91 Å². The molecule has 1 aromatic rings. The molecule has 1 heterocycles. The summed E-state index contributed by atoms with van der Waals surface area (Å²) in [5.41, 5.74) is 0. The van der Waals surface area contributed by atoms with Gasteiger partial charge in [-0.15, -0.1) is 0 Å². The fourth-order valence-corrected chi connectivity index (χ4v) is 2.93. The molecule has 1 fully saturated rings. The van der Waals surface area contributed by atoms with Crippen molar-refractivity contribution in [1.82, 2.24) is 10.2 Å². The highest BCUT2D eigenvalue weighted by molar-refractivity contribution is 6.30. The Kier molecular flexibility index (Phi) is 7.27. The third-order valence-electron chi connectivity index (χ3n) is 3.73. The number of carbonyl (C=O) groups is 1. The van der Waals surface area contributed by atoms with Crippen LogP contribution in [0.2, 0.25) is 5.02 Å². The molecular weight excluding hydrogens is 335 g/mol. The molecule has 0 radical (unpaired) electrons. The first kappa shape index (κ1) is 19.0. The summed E-state index contributed by atoms with van der Waals surface area (Å²) in [5, 5.41) is 2.79. The van der Waals surface area contributed by atoms with E-state index < -0.39 is 5.82 Å². The van der Waals surface area contributed by atoms with Gasteiger partial charge in [-0.25, -0.2) is 4.39 Å². The Hall–Kier alpha value is -1.37. The van der Waals surface area contributed by atoms with Crippen LogP contribution in [0.3, 0.4) is 0 Å². The molecule has 24 heavy (non-hydrogen) atoms. The van der Waals surface area contributed by atoms with Gasteiger partial charge >= 0.3 is 0 Å². The van der Waals surface area contributed by atoms with Crippen LogP contribution >= 0.6 is 11.6 Å². The highest BCUT2D eigenvalue weighted by Crippen LogP contribution is 2.20. The summed E-state index contributed by atoms with van der Waals surface area (Å²) in [4.78, 5) is 14.1. The topological polar surface area (TPSA) is 50.8 Å². The maximum atomic E-state index is 13.0. The maximum absolute atomic E-state index is 13.0. The van der Waals surface area contributed by atoms with E-state index in [0.29, 0.717) is 12.3 Å². The molecule has 1 aliphatic heterocycles. The number of nitrogens with zero attached hydrogens (tertiary/aromatic N) is 1. The monoisotopic (exact) mass is 358 g/mol. The minimum Gasteiger partial charge on any atom is -0.484 e. The van der Waals surface area contributed by atoms with Crippen molar-refractivity contribution in [2.24, 2.45) is 0 Å². The van der Waals surface area contributed by atoms with Gasteiger partial charge in [-0.1, -0.05) is 11.6 Å². The molecule has 1 aliphatic rings. The number of hydrogen-bond donors (Lipinski definition) is 1. The van der Waals surface area contributed by atoms with E-state index in [2.05, 4.69) is 24.1 Å². The fraction of sp³-hybridized carbons (Fsp3) is 0.588. The van der Waals surface area contributed by atoms with Crippen LogP contribution in [-0.4, -0.2) is 55.8 Å². The average molecular weight is 359 g/mol. The van der Waals surface area contributed by atoms with E-state index >= 15 is 0 Å². The number of benzene rings is 1. The number of nitrogens with one attached hydrogen (secondary N) is 1. The second-order valence-corrected chi connectivity index (χ2v) is 6.49.